The van der Waals surface area contributed by atoms with Crippen molar-refractivity contribution in [1.29, 1.82) is 0 Å². The fraction of sp³-hybridized carbons (Fsp3) is 0.667. The molecule has 100 valence electrons. The zero-order chi connectivity index (χ0) is 12.8. The Bertz CT molecular complexity index is 333. The number of hydrogen-bond donors (Lipinski definition) is 1. The topological polar surface area (TPSA) is 28.2 Å². The molecule has 1 aliphatic rings. The third kappa shape index (κ3) is 3.79. The Hall–Kier alpha value is -0.930. The zero-order valence-corrected chi connectivity index (χ0v) is 11.6. The van der Waals surface area contributed by atoms with Crippen LogP contribution in [0.15, 0.2) is 24.5 Å². The van der Waals surface area contributed by atoms with Gasteiger partial charge >= 0.3 is 0 Å². The molecule has 1 aliphatic carbocycles. The van der Waals surface area contributed by atoms with Gasteiger partial charge in [-0.3, -0.25) is 4.98 Å². The van der Waals surface area contributed by atoms with Gasteiger partial charge in [0.25, 0.3) is 0 Å². The van der Waals surface area contributed by atoms with Gasteiger partial charge in [0.1, 0.15) is 0 Å². The van der Waals surface area contributed by atoms with Crippen LogP contribution in [-0.2, 0) is 0 Å². The van der Waals surface area contributed by atoms with E-state index in [1.807, 2.05) is 12.4 Å². The second-order valence-electron chi connectivity index (χ2n) is 5.38. The largest absolute Gasteiger partial charge is 0.309 e. The van der Waals surface area contributed by atoms with Crippen molar-refractivity contribution < 1.29 is 0 Å². The van der Waals surface area contributed by atoms with E-state index in [4.69, 9.17) is 0 Å². The fourth-order valence-corrected chi connectivity index (χ4v) is 2.75. The van der Waals surface area contributed by atoms with Gasteiger partial charge in [-0.15, -0.1) is 0 Å². The zero-order valence-electron chi connectivity index (χ0n) is 11.6. The number of aromatic nitrogens is 1. The van der Waals surface area contributed by atoms with E-state index in [9.17, 15) is 0 Å². The molecule has 0 aliphatic heterocycles. The molecular weight excluding hydrogens is 222 g/mol. The summed E-state index contributed by atoms with van der Waals surface area (Å²) in [5.41, 5.74) is 1.31. The minimum Gasteiger partial charge on any atom is -0.309 e. The quantitative estimate of drug-likeness (QED) is 0.837. The first-order valence-corrected chi connectivity index (χ1v) is 7.11. The Kier molecular flexibility index (Phi) is 5.14. The standard InChI is InChI=1S/C15H25N3/c1-13(14-7-9-16-10-8-14)17-11-12-18(2)15-5-3-4-6-15/h7-10,13,15,17H,3-6,11-12H2,1-2H3. The summed E-state index contributed by atoms with van der Waals surface area (Å²) in [6, 6.07) is 5.39. The molecule has 1 aromatic heterocycles. The molecule has 1 atom stereocenters. The lowest BCUT2D eigenvalue weighted by atomic mass is 10.1. The van der Waals surface area contributed by atoms with Crippen LogP contribution in [0.2, 0.25) is 0 Å². The summed E-state index contributed by atoms with van der Waals surface area (Å²) in [7, 11) is 2.26. The highest BCUT2D eigenvalue weighted by Gasteiger charge is 2.18. The molecule has 0 radical (unpaired) electrons. The maximum Gasteiger partial charge on any atom is 0.0293 e. The summed E-state index contributed by atoms with van der Waals surface area (Å²) >= 11 is 0. The van der Waals surface area contributed by atoms with E-state index in [-0.39, 0.29) is 0 Å². The normalized spacial score (nSPS) is 18.4. The molecule has 3 nitrogen and oxygen atoms in total. The maximum absolute atomic E-state index is 4.05. The number of pyridine rings is 1. The van der Waals surface area contributed by atoms with Crippen molar-refractivity contribution in [2.24, 2.45) is 0 Å². The highest BCUT2D eigenvalue weighted by atomic mass is 15.1. The molecule has 1 heterocycles. The molecule has 0 saturated heterocycles. The summed E-state index contributed by atoms with van der Waals surface area (Å²) < 4.78 is 0. The van der Waals surface area contributed by atoms with Gasteiger partial charge in [-0.05, 0) is 44.5 Å². The first-order valence-electron chi connectivity index (χ1n) is 7.11. The predicted molar refractivity (Wildman–Crippen MR) is 75.5 cm³/mol. The molecule has 1 fully saturated rings. The summed E-state index contributed by atoms with van der Waals surface area (Å²) in [6.07, 6.45) is 9.31. The second kappa shape index (κ2) is 6.86. The van der Waals surface area contributed by atoms with Gasteiger partial charge < -0.3 is 10.2 Å². The third-order valence-electron chi connectivity index (χ3n) is 4.07. The molecule has 0 spiro atoms. The first kappa shape index (κ1) is 13.5. The van der Waals surface area contributed by atoms with Crippen LogP contribution < -0.4 is 5.32 Å². The van der Waals surface area contributed by atoms with E-state index in [1.165, 1.54) is 31.2 Å². The lowest BCUT2D eigenvalue weighted by molar-refractivity contribution is 0.243. The van der Waals surface area contributed by atoms with E-state index >= 15 is 0 Å². The van der Waals surface area contributed by atoms with E-state index in [0.717, 1.165) is 19.1 Å². The molecule has 1 saturated carbocycles. The van der Waals surface area contributed by atoms with Crippen LogP contribution in [0.25, 0.3) is 0 Å². The minimum absolute atomic E-state index is 0.407. The first-order chi connectivity index (χ1) is 8.77. The van der Waals surface area contributed by atoms with Gasteiger partial charge in [0.15, 0.2) is 0 Å². The van der Waals surface area contributed by atoms with Crippen LogP contribution in [-0.4, -0.2) is 36.1 Å². The third-order valence-corrected chi connectivity index (χ3v) is 4.07. The summed E-state index contributed by atoms with van der Waals surface area (Å²) in [5.74, 6) is 0. The van der Waals surface area contributed by atoms with Gasteiger partial charge in [-0.1, -0.05) is 12.8 Å². The molecule has 0 amide bonds. The Balaban J connectivity index is 1.68. The highest BCUT2D eigenvalue weighted by molar-refractivity contribution is 5.13. The number of hydrogen-bond acceptors (Lipinski definition) is 3. The smallest absolute Gasteiger partial charge is 0.0293 e. The lowest BCUT2D eigenvalue weighted by Crippen LogP contribution is -2.36. The molecule has 18 heavy (non-hydrogen) atoms. The van der Waals surface area contributed by atoms with Crippen molar-refractivity contribution >= 4 is 0 Å². The molecule has 1 unspecified atom stereocenters. The van der Waals surface area contributed by atoms with Crippen LogP contribution in [0.5, 0.6) is 0 Å². The molecule has 1 N–H and O–H groups in total. The summed E-state index contributed by atoms with van der Waals surface area (Å²) in [6.45, 7) is 4.40. The number of likely N-dealkylation sites (N-methyl/N-ethyl adjacent to an activating group) is 1. The van der Waals surface area contributed by atoms with Gasteiger partial charge in [0, 0.05) is 37.6 Å². The fourth-order valence-electron chi connectivity index (χ4n) is 2.75. The van der Waals surface area contributed by atoms with Crippen molar-refractivity contribution in [2.75, 3.05) is 20.1 Å². The van der Waals surface area contributed by atoms with Crippen LogP contribution in [0.4, 0.5) is 0 Å². The van der Waals surface area contributed by atoms with E-state index in [2.05, 4.69) is 41.3 Å². The van der Waals surface area contributed by atoms with Crippen molar-refractivity contribution in [1.82, 2.24) is 15.2 Å². The Morgan fingerprint density at radius 2 is 2.00 bits per heavy atom. The van der Waals surface area contributed by atoms with E-state index in [1.54, 1.807) is 0 Å². The van der Waals surface area contributed by atoms with Crippen molar-refractivity contribution in [3.63, 3.8) is 0 Å². The van der Waals surface area contributed by atoms with Crippen molar-refractivity contribution in [3.05, 3.63) is 30.1 Å². The Morgan fingerprint density at radius 1 is 1.33 bits per heavy atom. The average molecular weight is 247 g/mol. The number of nitrogens with zero attached hydrogens (tertiary/aromatic N) is 2. The molecular formula is C15H25N3. The van der Waals surface area contributed by atoms with Crippen LogP contribution >= 0.6 is 0 Å². The molecule has 0 bridgehead atoms. The number of rotatable bonds is 6. The Labute approximate surface area is 111 Å². The molecule has 0 aromatic carbocycles. The SMILES string of the molecule is CC(NCCN(C)C1CCCC1)c1ccncc1. The van der Waals surface area contributed by atoms with Crippen molar-refractivity contribution in [3.8, 4) is 0 Å². The Morgan fingerprint density at radius 3 is 2.67 bits per heavy atom. The highest BCUT2D eigenvalue weighted by Crippen LogP contribution is 2.21. The number of nitrogens with one attached hydrogen (secondary N) is 1. The van der Waals surface area contributed by atoms with Crippen LogP contribution in [0.3, 0.4) is 0 Å². The molecule has 1 aromatic rings. The van der Waals surface area contributed by atoms with Gasteiger partial charge in [0.2, 0.25) is 0 Å². The lowest BCUT2D eigenvalue weighted by Gasteiger charge is -2.25. The van der Waals surface area contributed by atoms with Gasteiger partial charge in [-0.25, -0.2) is 0 Å². The predicted octanol–water partition coefficient (Wildman–Crippen LogP) is 2.61. The van der Waals surface area contributed by atoms with Gasteiger partial charge in [0.05, 0.1) is 0 Å². The van der Waals surface area contributed by atoms with Gasteiger partial charge in [-0.2, -0.15) is 0 Å². The molecule has 3 heteroatoms. The monoisotopic (exact) mass is 247 g/mol. The minimum atomic E-state index is 0.407. The van der Waals surface area contributed by atoms with Crippen LogP contribution in [0.1, 0.15) is 44.2 Å². The average Bonchev–Trinajstić information content (AvgIpc) is 2.93. The van der Waals surface area contributed by atoms with E-state index < -0.39 is 0 Å². The second-order valence-corrected chi connectivity index (χ2v) is 5.38. The summed E-state index contributed by atoms with van der Waals surface area (Å²) in [4.78, 5) is 6.57. The maximum atomic E-state index is 4.05. The summed E-state index contributed by atoms with van der Waals surface area (Å²) in [5, 5.41) is 3.58. The van der Waals surface area contributed by atoms with E-state index in [0.29, 0.717) is 6.04 Å². The molecule has 2 rings (SSSR count). The van der Waals surface area contributed by atoms with Crippen molar-refractivity contribution in [2.45, 2.75) is 44.7 Å². The van der Waals surface area contributed by atoms with Crippen LogP contribution in [0, 0.1) is 0 Å².